The molecular weight excluding hydrogens is 236 g/mol. The molecule has 0 saturated heterocycles. The predicted octanol–water partition coefficient (Wildman–Crippen LogP) is 1.30. The molecule has 0 saturated carbocycles. The average molecular weight is 252 g/mol. The van der Waals surface area contributed by atoms with Gasteiger partial charge in [0.2, 0.25) is 0 Å². The molecule has 0 spiro atoms. The number of carbonyl (C=O) groups is 1. The van der Waals surface area contributed by atoms with Gasteiger partial charge < -0.3 is 16.4 Å². The summed E-state index contributed by atoms with van der Waals surface area (Å²) in [5.74, 6) is 2.50. The van der Waals surface area contributed by atoms with E-state index in [9.17, 15) is 4.79 Å². The molecular formula is C11H16N4OS. The molecule has 92 valence electrons. The summed E-state index contributed by atoms with van der Waals surface area (Å²) in [6.07, 6.45) is 7.00. The van der Waals surface area contributed by atoms with Gasteiger partial charge in [-0.1, -0.05) is 30.6 Å². The molecule has 0 aliphatic carbocycles. The molecule has 6 heteroatoms. The smallest absolute Gasteiger partial charge is 0.266 e. The van der Waals surface area contributed by atoms with Gasteiger partial charge in [0.05, 0.1) is 6.04 Å². The first-order chi connectivity index (χ1) is 8.12. The van der Waals surface area contributed by atoms with Crippen LogP contribution in [0.4, 0.5) is 10.9 Å². The Labute approximate surface area is 105 Å². The van der Waals surface area contributed by atoms with Crippen LogP contribution in [0.15, 0.2) is 0 Å². The molecule has 0 radical (unpaired) electrons. The molecule has 5 nitrogen and oxygen atoms in total. The quantitative estimate of drug-likeness (QED) is 0.690. The first-order valence-corrected chi connectivity index (χ1v) is 6.15. The number of terminal acetylenes is 1. The van der Waals surface area contributed by atoms with E-state index in [2.05, 4.69) is 21.5 Å². The standard InChI is InChI=1S/C11H16N4OS/c1-4-6-7(5-2)14-10(16)8-9(12)15-11(13-3)17-8/h2,7H,4,6,12H2,1,3H3,(H,13,15)(H,14,16). The summed E-state index contributed by atoms with van der Waals surface area (Å²) in [6, 6.07) is -0.257. The van der Waals surface area contributed by atoms with Crippen LogP contribution in [-0.2, 0) is 0 Å². The fraction of sp³-hybridized carbons (Fsp3) is 0.455. The zero-order valence-electron chi connectivity index (χ0n) is 9.91. The van der Waals surface area contributed by atoms with Crippen molar-refractivity contribution in [3.05, 3.63) is 4.88 Å². The number of aromatic nitrogens is 1. The van der Waals surface area contributed by atoms with Crippen molar-refractivity contribution in [1.29, 1.82) is 0 Å². The van der Waals surface area contributed by atoms with E-state index in [1.807, 2.05) is 6.92 Å². The minimum atomic E-state index is -0.266. The van der Waals surface area contributed by atoms with E-state index in [4.69, 9.17) is 12.2 Å². The summed E-state index contributed by atoms with van der Waals surface area (Å²) in [5, 5.41) is 6.20. The molecule has 0 bridgehead atoms. The van der Waals surface area contributed by atoms with Crippen LogP contribution in [0, 0.1) is 12.3 Å². The third-order valence-electron chi connectivity index (χ3n) is 2.16. The minimum Gasteiger partial charge on any atom is -0.382 e. The first-order valence-electron chi connectivity index (χ1n) is 5.33. The minimum absolute atomic E-state index is 0.226. The molecule has 0 aliphatic heterocycles. The number of anilines is 2. The Morgan fingerprint density at radius 1 is 1.71 bits per heavy atom. The van der Waals surface area contributed by atoms with E-state index in [1.165, 1.54) is 11.3 Å². The molecule has 1 aromatic heterocycles. The average Bonchev–Trinajstić information content (AvgIpc) is 2.70. The summed E-state index contributed by atoms with van der Waals surface area (Å²) < 4.78 is 0. The number of nitrogens with one attached hydrogen (secondary N) is 2. The van der Waals surface area contributed by atoms with Crippen LogP contribution in [0.3, 0.4) is 0 Å². The highest BCUT2D eigenvalue weighted by Gasteiger charge is 2.17. The second kappa shape index (κ2) is 6.11. The van der Waals surface area contributed by atoms with Crippen LogP contribution in [-0.4, -0.2) is 24.0 Å². The first kappa shape index (κ1) is 13.3. The van der Waals surface area contributed by atoms with Crippen molar-refractivity contribution >= 4 is 28.2 Å². The monoisotopic (exact) mass is 252 g/mol. The van der Waals surface area contributed by atoms with Crippen molar-refractivity contribution in [2.24, 2.45) is 0 Å². The molecule has 1 atom stereocenters. The van der Waals surface area contributed by atoms with Gasteiger partial charge in [0.1, 0.15) is 10.7 Å². The molecule has 1 rings (SSSR count). The second-order valence-corrected chi connectivity index (χ2v) is 4.46. The highest BCUT2D eigenvalue weighted by Crippen LogP contribution is 2.24. The number of hydrogen-bond acceptors (Lipinski definition) is 5. The van der Waals surface area contributed by atoms with E-state index in [-0.39, 0.29) is 17.8 Å². The Bertz CT molecular complexity index is 435. The summed E-state index contributed by atoms with van der Waals surface area (Å²) in [7, 11) is 1.72. The number of nitrogens with zero attached hydrogens (tertiary/aromatic N) is 1. The maximum absolute atomic E-state index is 11.9. The van der Waals surface area contributed by atoms with E-state index in [1.54, 1.807) is 7.05 Å². The molecule has 1 heterocycles. The lowest BCUT2D eigenvalue weighted by atomic mass is 10.2. The summed E-state index contributed by atoms with van der Waals surface area (Å²) in [5.41, 5.74) is 5.66. The maximum atomic E-state index is 11.9. The Balaban J connectivity index is 2.75. The van der Waals surface area contributed by atoms with Crippen molar-refractivity contribution < 1.29 is 4.79 Å². The zero-order valence-corrected chi connectivity index (χ0v) is 10.7. The molecule has 4 N–H and O–H groups in total. The number of thiazole rings is 1. The normalized spacial score (nSPS) is 11.6. The molecule has 0 fully saturated rings. The SMILES string of the molecule is C#CC(CCC)NC(=O)c1sc(NC)nc1N. The largest absolute Gasteiger partial charge is 0.382 e. The summed E-state index contributed by atoms with van der Waals surface area (Å²) >= 11 is 1.21. The summed E-state index contributed by atoms with van der Waals surface area (Å²) in [6.45, 7) is 2.01. The van der Waals surface area contributed by atoms with Crippen molar-refractivity contribution in [3.63, 3.8) is 0 Å². The number of carbonyl (C=O) groups excluding carboxylic acids is 1. The fourth-order valence-corrected chi connectivity index (χ4v) is 2.05. The fourth-order valence-electron chi connectivity index (χ4n) is 1.31. The van der Waals surface area contributed by atoms with Crippen molar-refractivity contribution in [2.75, 3.05) is 18.1 Å². The van der Waals surface area contributed by atoms with Gasteiger partial charge in [-0.05, 0) is 6.42 Å². The van der Waals surface area contributed by atoms with Crippen LogP contribution in [0.2, 0.25) is 0 Å². The molecule has 1 unspecified atom stereocenters. The lowest BCUT2D eigenvalue weighted by Gasteiger charge is -2.10. The van der Waals surface area contributed by atoms with Crippen LogP contribution >= 0.6 is 11.3 Å². The van der Waals surface area contributed by atoms with Crippen molar-refractivity contribution in [1.82, 2.24) is 10.3 Å². The lowest BCUT2D eigenvalue weighted by Crippen LogP contribution is -2.33. The van der Waals surface area contributed by atoms with E-state index < -0.39 is 0 Å². The highest BCUT2D eigenvalue weighted by molar-refractivity contribution is 7.18. The number of nitrogens with two attached hydrogens (primary N) is 1. The lowest BCUT2D eigenvalue weighted by molar-refractivity contribution is 0.0949. The van der Waals surface area contributed by atoms with Crippen LogP contribution in [0.5, 0.6) is 0 Å². The third kappa shape index (κ3) is 3.36. The number of rotatable bonds is 5. The number of amides is 1. The van der Waals surface area contributed by atoms with E-state index >= 15 is 0 Å². The highest BCUT2D eigenvalue weighted by atomic mass is 32.1. The van der Waals surface area contributed by atoms with E-state index in [0.29, 0.717) is 10.0 Å². The van der Waals surface area contributed by atoms with Crippen LogP contribution in [0.25, 0.3) is 0 Å². The Morgan fingerprint density at radius 3 is 2.88 bits per heavy atom. The van der Waals surface area contributed by atoms with Gasteiger partial charge in [-0.25, -0.2) is 4.98 Å². The number of nitrogen functional groups attached to an aromatic ring is 1. The second-order valence-electron chi connectivity index (χ2n) is 3.46. The van der Waals surface area contributed by atoms with Crippen molar-refractivity contribution in [2.45, 2.75) is 25.8 Å². The van der Waals surface area contributed by atoms with Gasteiger partial charge in [0, 0.05) is 7.05 Å². The van der Waals surface area contributed by atoms with Crippen molar-refractivity contribution in [3.8, 4) is 12.3 Å². The molecule has 1 amide bonds. The Morgan fingerprint density at radius 2 is 2.41 bits per heavy atom. The van der Waals surface area contributed by atoms with Gasteiger partial charge >= 0.3 is 0 Å². The molecule has 0 aromatic carbocycles. The summed E-state index contributed by atoms with van der Waals surface area (Å²) in [4.78, 5) is 16.3. The maximum Gasteiger partial charge on any atom is 0.266 e. The van der Waals surface area contributed by atoms with Gasteiger partial charge in [0.25, 0.3) is 5.91 Å². The van der Waals surface area contributed by atoms with Gasteiger partial charge in [0.15, 0.2) is 5.13 Å². The Hall–Kier alpha value is -1.74. The molecule has 0 aliphatic rings. The van der Waals surface area contributed by atoms with Gasteiger partial charge in [-0.2, -0.15) is 0 Å². The molecule has 17 heavy (non-hydrogen) atoms. The zero-order chi connectivity index (χ0) is 12.8. The molecule has 1 aromatic rings. The topological polar surface area (TPSA) is 80.0 Å². The Kier molecular flexibility index (Phi) is 4.79. The van der Waals surface area contributed by atoms with Gasteiger partial charge in [-0.3, -0.25) is 4.79 Å². The van der Waals surface area contributed by atoms with Gasteiger partial charge in [-0.15, -0.1) is 6.42 Å². The number of hydrogen-bond donors (Lipinski definition) is 3. The third-order valence-corrected chi connectivity index (χ3v) is 3.24. The van der Waals surface area contributed by atoms with Crippen LogP contribution in [0.1, 0.15) is 29.4 Å². The van der Waals surface area contributed by atoms with Crippen LogP contribution < -0.4 is 16.4 Å². The van der Waals surface area contributed by atoms with E-state index in [0.717, 1.165) is 12.8 Å². The predicted molar refractivity (Wildman–Crippen MR) is 71.1 cm³/mol.